The van der Waals surface area contributed by atoms with Crippen molar-refractivity contribution in [1.82, 2.24) is 5.32 Å². The van der Waals surface area contributed by atoms with Gasteiger partial charge < -0.3 is 5.32 Å². The Hall–Kier alpha value is -0.600. The van der Waals surface area contributed by atoms with Gasteiger partial charge in [-0.05, 0) is 61.1 Å². The van der Waals surface area contributed by atoms with Gasteiger partial charge in [0.15, 0.2) is 0 Å². The van der Waals surface area contributed by atoms with Gasteiger partial charge in [-0.15, -0.1) is 0 Å². The molecule has 3 atom stereocenters. The topological polar surface area (TPSA) is 12.0 Å². The van der Waals surface area contributed by atoms with Gasteiger partial charge in [-0.3, -0.25) is 0 Å². The second kappa shape index (κ2) is 5.65. The Kier molecular flexibility index (Phi) is 4.05. The predicted octanol–water partition coefficient (Wildman–Crippen LogP) is 4.44. The molecule has 1 nitrogen and oxygen atoms in total. The lowest BCUT2D eigenvalue weighted by Crippen LogP contribution is -2.40. The summed E-state index contributed by atoms with van der Waals surface area (Å²) >= 11 is 5.94. The van der Waals surface area contributed by atoms with Crippen LogP contribution >= 0.6 is 11.6 Å². The SMILES string of the molecule is CCNCC1(Cc2cccc(Cl)c2F)CC2CCC1C2. The third kappa shape index (κ3) is 2.48. The van der Waals surface area contributed by atoms with E-state index in [2.05, 4.69) is 12.2 Å². The number of halogens is 2. The minimum atomic E-state index is -0.215. The van der Waals surface area contributed by atoms with Crippen LogP contribution in [0.2, 0.25) is 5.02 Å². The van der Waals surface area contributed by atoms with Crippen LogP contribution in [0.25, 0.3) is 0 Å². The van der Waals surface area contributed by atoms with E-state index in [4.69, 9.17) is 11.6 Å². The molecule has 20 heavy (non-hydrogen) atoms. The fraction of sp³-hybridized carbons (Fsp3) is 0.647. The van der Waals surface area contributed by atoms with E-state index >= 15 is 0 Å². The Morgan fingerprint density at radius 2 is 2.25 bits per heavy atom. The summed E-state index contributed by atoms with van der Waals surface area (Å²) in [5, 5.41) is 3.77. The molecule has 1 N–H and O–H groups in total. The molecule has 2 bridgehead atoms. The second-order valence-corrected chi connectivity index (χ2v) is 7.02. The van der Waals surface area contributed by atoms with Gasteiger partial charge in [0.2, 0.25) is 0 Å². The summed E-state index contributed by atoms with van der Waals surface area (Å²) in [6, 6.07) is 5.41. The molecule has 0 amide bonds. The molecule has 0 radical (unpaired) electrons. The second-order valence-electron chi connectivity index (χ2n) is 6.61. The summed E-state index contributed by atoms with van der Waals surface area (Å²) in [5.41, 5.74) is 1.03. The van der Waals surface area contributed by atoms with Crippen molar-refractivity contribution < 1.29 is 4.39 Å². The summed E-state index contributed by atoms with van der Waals surface area (Å²) in [7, 11) is 0. The first-order chi connectivity index (χ1) is 9.64. The average molecular weight is 296 g/mol. The Labute approximate surface area is 125 Å². The van der Waals surface area contributed by atoms with E-state index in [9.17, 15) is 4.39 Å². The first-order valence-corrected chi connectivity index (χ1v) is 8.16. The summed E-state index contributed by atoms with van der Waals surface area (Å²) in [6.45, 7) is 4.13. The summed E-state index contributed by atoms with van der Waals surface area (Å²) < 4.78 is 14.2. The fourth-order valence-electron chi connectivity index (χ4n) is 4.49. The van der Waals surface area contributed by atoms with Crippen LogP contribution in [-0.4, -0.2) is 13.1 Å². The molecule has 0 spiro atoms. The van der Waals surface area contributed by atoms with Crippen LogP contribution in [0.4, 0.5) is 4.39 Å². The van der Waals surface area contributed by atoms with E-state index in [1.807, 2.05) is 12.1 Å². The zero-order valence-corrected chi connectivity index (χ0v) is 12.8. The van der Waals surface area contributed by atoms with Crippen LogP contribution < -0.4 is 5.32 Å². The quantitative estimate of drug-likeness (QED) is 0.847. The van der Waals surface area contributed by atoms with E-state index in [0.717, 1.165) is 36.9 Å². The molecule has 2 aliphatic rings. The van der Waals surface area contributed by atoms with Gasteiger partial charge in [-0.2, -0.15) is 0 Å². The molecule has 110 valence electrons. The molecule has 3 heteroatoms. The van der Waals surface area contributed by atoms with E-state index in [0.29, 0.717) is 0 Å². The van der Waals surface area contributed by atoms with Crippen molar-refractivity contribution in [3.8, 4) is 0 Å². The Morgan fingerprint density at radius 3 is 2.90 bits per heavy atom. The molecule has 1 aromatic carbocycles. The standard InChI is InChI=1S/C17H23ClFN/c1-2-20-11-17(9-12-6-7-14(17)8-12)10-13-4-3-5-15(18)16(13)19/h3-5,12,14,20H,2,6-11H2,1H3. The Morgan fingerprint density at radius 1 is 1.40 bits per heavy atom. The number of hydrogen-bond acceptors (Lipinski definition) is 1. The van der Waals surface area contributed by atoms with Crippen LogP contribution in [0.5, 0.6) is 0 Å². The lowest BCUT2D eigenvalue weighted by Gasteiger charge is -2.38. The highest BCUT2D eigenvalue weighted by atomic mass is 35.5. The Balaban J connectivity index is 1.85. The van der Waals surface area contributed by atoms with Crippen LogP contribution in [0.3, 0.4) is 0 Å². The van der Waals surface area contributed by atoms with E-state index in [1.54, 1.807) is 6.07 Å². The van der Waals surface area contributed by atoms with Gasteiger partial charge in [-0.25, -0.2) is 4.39 Å². The normalized spacial score (nSPS) is 31.9. The van der Waals surface area contributed by atoms with E-state index in [1.165, 1.54) is 25.7 Å². The molecule has 0 heterocycles. The monoisotopic (exact) mass is 295 g/mol. The predicted molar refractivity (Wildman–Crippen MR) is 81.5 cm³/mol. The van der Waals surface area contributed by atoms with Crippen LogP contribution in [0, 0.1) is 23.1 Å². The minimum absolute atomic E-state index is 0.215. The van der Waals surface area contributed by atoms with Crippen molar-refractivity contribution in [2.24, 2.45) is 17.3 Å². The molecule has 3 unspecified atom stereocenters. The van der Waals surface area contributed by atoms with Crippen molar-refractivity contribution in [3.05, 3.63) is 34.6 Å². The van der Waals surface area contributed by atoms with Gasteiger partial charge >= 0.3 is 0 Å². The number of nitrogens with one attached hydrogen (secondary N) is 1. The number of fused-ring (bicyclic) bond motifs is 2. The smallest absolute Gasteiger partial charge is 0.144 e. The number of rotatable bonds is 5. The molecule has 1 aromatic rings. The van der Waals surface area contributed by atoms with E-state index < -0.39 is 0 Å². The fourth-order valence-corrected chi connectivity index (χ4v) is 4.69. The van der Waals surface area contributed by atoms with Gasteiger partial charge in [0.1, 0.15) is 5.82 Å². The van der Waals surface area contributed by atoms with Crippen molar-refractivity contribution in [2.75, 3.05) is 13.1 Å². The molecular weight excluding hydrogens is 273 g/mol. The molecule has 0 aliphatic heterocycles. The molecule has 0 aromatic heterocycles. The zero-order valence-electron chi connectivity index (χ0n) is 12.1. The van der Waals surface area contributed by atoms with Crippen LogP contribution in [-0.2, 0) is 6.42 Å². The zero-order chi connectivity index (χ0) is 14.2. The van der Waals surface area contributed by atoms with Crippen molar-refractivity contribution in [1.29, 1.82) is 0 Å². The minimum Gasteiger partial charge on any atom is -0.316 e. The summed E-state index contributed by atoms with van der Waals surface area (Å²) in [5.74, 6) is 1.40. The number of benzene rings is 1. The first-order valence-electron chi connectivity index (χ1n) is 7.78. The summed E-state index contributed by atoms with van der Waals surface area (Å²) in [6.07, 6.45) is 6.10. The molecule has 0 saturated heterocycles. The number of hydrogen-bond donors (Lipinski definition) is 1. The lowest BCUT2D eigenvalue weighted by atomic mass is 9.69. The molecule has 2 aliphatic carbocycles. The third-order valence-electron chi connectivity index (χ3n) is 5.40. The first kappa shape index (κ1) is 14.3. The van der Waals surface area contributed by atoms with Crippen LogP contribution in [0.1, 0.15) is 38.2 Å². The van der Waals surface area contributed by atoms with Crippen molar-refractivity contribution >= 4 is 11.6 Å². The molecular formula is C17H23ClFN. The third-order valence-corrected chi connectivity index (χ3v) is 5.70. The van der Waals surface area contributed by atoms with E-state index in [-0.39, 0.29) is 16.3 Å². The largest absolute Gasteiger partial charge is 0.316 e. The average Bonchev–Trinajstić information content (AvgIpc) is 3.03. The highest BCUT2D eigenvalue weighted by Crippen LogP contribution is 2.57. The van der Waals surface area contributed by atoms with Crippen LogP contribution in [0.15, 0.2) is 18.2 Å². The lowest BCUT2D eigenvalue weighted by molar-refractivity contribution is 0.156. The maximum absolute atomic E-state index is 14.2. The Bertz CT molecular complexity index is 490. The highest BCUT2D eigenvalue weighted by molar-refractivity contribution is 6.30. The van der Waals surface area contributed by atoms with Crippen molar-refractivity contribution in [3.63, 3.8) is 0 Å². The van der Waals surface area contributed by atoms with Gasteiger partial charge in [0.05, 0.1) is 5.02 Å². The maximum atomic E-state index is 14.2. The molecule has 2 saturated carbocycles. The molecule has 2 fully saturated rings. The molecule has 3 rings (SSSR count). The highest BCUT2D eigenvalue weighted by Gasteiger charge is 2.50. The van der Waals surface area contributed by atoms with Gasteiger partial charge in [0, 0.05) is 6.54 Å². The van der Waals surface area contributed by atoms with Gasteiger partial charge in [-0.1, -0.05) is 37.1 Å². The van der Waals surface area contributed by atoms with Gasteiger partial charge in [0.25, 0.3) is 0 Å². The maximum Gasteiger partial charge on any atom is 0.144 e. The summed E-state index contributed by atoms with van der Waals surface area (Å²) in [4.78, 5) is 0. The van der Waals surface area contributed by atoms with Crippen molar-refractivity contribution in [2.45, 2.75) is 39.0 Å².